The lowest BCUT2D eigenvalue weighted by Gasteiger charge is -2.18. The molecular weight excluding hydrogens is 442 g/mol. The molecule has 0 fully saturated rings. The highest BCUT2D eigenvalue weighted by molar-refractivity contribution is 9.10. The summed E-state index contributed by atoms with van der Waals surface area (Å²) in [6.45, 7) is 12.0. The summed E-state index contributed by atoms with van der Waals surface area (Å²) in [4.78, 5) is 14.3. The Kier molecular flexibility index (Phi) is 5.87. The smallest absolute Gasteiger partial charge is 0.270 e. The van der Waals surface area contributed by atoms with Gasteiger partial charge >= 0.3 is 0 Å². The lowest BCUT2D eigenvalue weighted by molar-refractivity contribution is 0.0881. The van der Waals surface area contributed by atoms with Crippen LogP contribution in [-0.2, 0) is 11.5 Å². The average molecular weight is 468 g/mol. The van der Waals surface area contributed by atoms with E-state index in [1.165, 1.54) is 11.3 Å². The van der Waals surface area contributed by atoms with Gasteiger partial charge in [0.2, 0.25) is 0 Å². The van der Waals surface area contributed by atoms with Crippen LogP contribution in [-0.4, -0.2) is 26.4 Å². The van der Waals surface area contributed by atoms with E-state index >= 15 is 0 Å². The van der Waals surface area contributed by atoms with Crippen LogP contribution in [0, 0.1) is 13.8 Å². The molecule has 7 heteroatoms. The number of pyridine rings is 1. The Morgan fingerprint density at radius 2 is 1.93 bits per heavy atom. The molecule has 0 aliphatic heterocycles. The van der Waals surface area contributed by atoms with Gasteiger partial charge in [0.25, 0.3) is 5.56 Å². The van der Waals surface area contributed by atoms with Crippen molar-refractivity contribution in [3.8, 4) is 5.75 Å². The summed E-state index contributed by atoms with van der Waals surface area (Å²) in [5.74, 6) is 0.773. The van der Waals surface area contributed by atoms with E-state index in [2.05, 4.69) is 41.6 Å². The van der Waals surface area contributed by atoms with Gasteiger partial charge in [-0.1, -0.05) is 19.6 Å². The van der Waals surface area contributed by atoms with Gasteiger partial charge in [0, 0.05) is 30.3 Å². The Morgan fingerprint density at radius 1 is 1.22 bits per heavy atom. The molecule has 0 spiro atoms. The molecule has 2 heterocycles. The number of methoxy groups -OCH3 is 1. The van der Waals surface area contributed by atoms with Crippen LogP contribution in [0.1, 0.15) is 10.4 Å². The number of aromatic nitrogens is 1. The number of thiophene rings is 1. The Morgan fingerprint density at radius 3 is 2.56 bits per heavy atom. The zero-order valence-electron chi connectivity index (χ0n) is 16.7. The Balaban J connectivity index is 2.21. The van der Waals surface area contributed by atoms with Crippen molar-refractivity contribution in [2.75, 3.05) is 13.7 Å². The highest BCUT2D eigenvalue weighted by atomic mass is 79.9. The van der Waals surface area contributed by atoms with Crippen molar-refractivity contribution >= 4 is 56.3 Å². The van der Waals surface area contributed by atoms with E-state index in [-0.39, 0.29) is 12.3 Å². The summed E-state index contributed by atoms with van der Waals surface area (Å²) in [5, 5.41) is 1.99. The van der Waals surface area contributed by atoms with E-state index < -0.39 is 8.07 Å². The van der Waals surface area contributed by atoms with E-state index in [0.717, 1.165) is 47.7 Å². The van der Waals surface area contributed by atoms with Crippen molar-refractivity contribution in [1.29, 1.82) is 0 Å². The first kappa shape index (κ1) is 20.6. The molecule has 1 aromatic carbocycles. The van der Waals surface area contributed by atoms with Gasteiger partial charge in [-0.3, -0.25) is 9.36 Å². The molecule has 0 atom stereocenters. The Labute approximate surface area is 173 Å². The fourth-order valence-corrected chi connectivity index (χ4v) is 5.64. The monoisotopic (exact) mass is 467 g/mol. The van der Waals surface area contributed by atoms with Crippen molar-refractivity contribution in [2.24, 2.45) is 0 Å². The summed E-state index contributed by atoms with van der Waals surface area (Å²) in [6.07, 6.45) is 0. The second-order valence-corrected chi connectivity index (χ2v) is 15.8. The van der Waals surface area contributed by atoms with E-state index in [1.54, 1.807) is 11.7 Å². The van der Waals surface area contributed by atoms with E-state index in [0.29, 0.717) is 6.61 Å². The molecule has 0 saturated heterocycles. The van der Waals surface area contributed by atoms with Crippen LogP contribution in [0.5, 0.6) is 5.75 Å². The third kappa shape index (κ3) is 4.01. The van der Waals surface area contributed by atoms with Crippen molar-refractivity contribution in [2.45, 2.75) is 46.3 Å². The Hall–Kier alpha value is -1.15. The molecule has 0 bridgehead atoms. The summed E-state index contributed by atoms with van der Waals surface area (Å²) in [5.41, 5.74) is 1.93. The molecule has 146 valence electrons. The van der Waals surface area contributed by atoms with Gasteiger partial charge in [0.1, 0.15) is 17.2 Å². The number of halogens is 1. The molecule has 0 aliphatic carbocycles. The maximum Gasteiger partial charge on any atom is 0.270 e. The third-order valence-corrected chi connectivity index (χ3v) is 8.19. The van der Waals surface area contributed by atoms with Crippen molar-refractivity contribution in [3.05, 3.63) is 37.4 Å². The zero-order valence-corrected chi connectivity index (χ0v) is 20.1. The van der Waals surface area contributed by atoms with Gasteiger partial charge in [-0.25, -0.2) is 0 Å². The quantitative estimate of drug-likeness (QED) is 0.333. The minimum Gasteiger partial charge on any atom is -0.496 e. The van der Waals surface area contributed by atoms with Crippen molar-refractivity contribution < 1.29 is 9.47 Å². The summed E-state index contributed by atoms with van der Waals surface area (Å²) in [7, 11) is 0.494. The number of hydrogen-bond acceptors (Lipinski definition) is 4. The number of nitrogens with zero attached hydrogens (tertiary/aromatic N) is 1. The minimum atomic E-state index is -1.17. The summed E-state index contributed by atoms with van der Waals surface area (Å²) in [6, 6.07) is 5.13. The first-order valence-electron chi connectivity index (χ1n) is 9.01. The summed E-state index contributed by atoms with van der Waals surface area (Å²) >= 11 is 5.24. The average Bonchev–Trinajstić information content (AvgIpc) is 2.97. The molecule has 2 aromatic heterocycles. The first-order valence-corrected chi connectivity index (χ1v) is 14.3. The molecule has 4 nitrogen and oxygen atoms in total. The van der Waals surface area contributed by atoms with Crippen molar-refractivity contribution in [3.63, 3.8) is 0 Å². The molecule has 0 amide bonds. The fourth-order valence-electron chi connectivity index (χ4n) is 3.24. The number of ether oxygens (including phenoxy) is 2. The standard InChI is InChI=1S/C20H26BrNO3SSi/c1-12-9-15(24-3)17(21)16-14-10-13(2)26-19(14)20(23)22(18(12)16)11-25-7-8-27(4,5)6/h9-10H,7-8,11H2,1-6H3. The van der Waals surface area contributed by atoms with Crippen LogP contribution in [0.25, 0.3) is 21.0 Å². The van der Waals surface area contributed by atoms with Crippen LogP contribution >= 0.6 is 27.3 Å². The first-order chi connectivity index (χ1) is 12.6. The van der Waals surface area contributed by atoms with Crippen molar-refractivity contribution in [1.82, 2.24) is 4.57 Å². The molecule has 3 aromatic rings. The predicted molar refractivity (Wildman–Crippen MR) is 121 cm³/mol. The normalized spacial score (nSPS) is 12.3. The van der Waals surface area contributed by atoms with Crippen LogP contribution < -0.4 is 10.3 Å². The maximum absolute atomic E-state index is 13.2. The molecule has 0 N–H and O–H groups in total. The number of aryl methyl sites for hydroxylation is 2. The van der Waals surface area contributed by atoms with Gasteiger partial charge in [0.15, 0.2) is 0 Å². The number of hydrogen-bond donors (Lipinski definition) is 0. The van der Waals surface area contributed by atoms with Gasteiger partial charge in [-0.2, -0.15) is 0 Å². The van der Waals surface area contributed by atoms with Gasteiger partial charge in [0.05, 0.1) is 17.1 Å². The number of benzene rings is 1. The Bertz CT molecular complexity index is 1070. The molecule has 0 saturated carbocycles. The summed E-state index contributed by atoms with van der Waals surface area (Å²) < 4.78 is 14.9. The molecule has 0 radical (unpaired) electrons. The van der Waals surface area contributed by atoms with Gasteiger partial charge in [-0.05, 0) is 53.5 Å². The van der Waals surface area contributed by atoms with Crippen LogP contribution in [0.3, 0.4) is 0 Å². The molecule has 0 aliphatic rings. The molecule has 0 unspecified atom stereocenters. The zero-order chi connectivity index (χ0) is 19.9. The second kappa shape index (κ2) is 7.70. The number of rotatable bonds is 6. The highest BCUT2D eigenvalue weighted by Gasteiger charge is 2.20. The molecule has 27 heavy (non-hydrogen) atoms. The lowest BCUT2D eigenvalue weighted by Crippen LogP contribution is -2.25. The van der Waals surface area contributed by atoms with E-state index in [4.69, 9.17) is 9.47 Å². The SMILES string of the molecule is COc1cc(C)c2c(c1Br)c1cc(C)sc1c(=O)n2COCC[Si](C)(C)C. The largest absolute Gasteiger partial charge is 0.496 e. The van der Waals surface area contributed by atoms with E-state index in [1.807, 2.05) is 19.9 Å². The second-order valence-electron chi connectivity index (χ2n) is 8.11. The maximum atomic E-state index is 13.2. The lowest BCUT2D eigenvalue weighted by atomic mass is 10.1. The van der Waals surface area contributed by atoms with E-state index in [9.17, 15) is 4.79 Å². The van der Waals surface area contributed by atoms with Crippen LogP contribution in [0.15, 0.2) is 21.4 Å². The van der Waals surface area contributed by atoms with Crippen LogP contribution in [0.4, 0.5) is 0 Å². The predicted octanol–water partition coefficient (Wildman–Crippen LogP) is 5.92. The topological polar surface area (TPSA) is 40.5 Å². The molecule has 3 rings (SSSR count). The van der Waals surface area contributed by atoms with Crippen LogP contribution in [0.2, 0.25) is 25.7 Å². The molecular formula is C20H26BrNO3SSi. The highest BCUT2D eigenvalue weighted by Crippen LogP contribution is 2.40. The van der Waals surface area contributed by atoms with Gasteiger partial charge < -0.3 is 9.47 Å². The fraction of sp³-hybridized carbons (Fsp3) is 0.450. The third-order valence-electron chi connectivity index (χ3n) is 4.66. The number of fused-ring (bicyclic) bond motifs is 3. The van der Waals surface area contributed by atoms with Gasteiger partial charge in [-0.15, -0.1) is 11.3 Å². The minimum absolute atomic E-state index is 0.0174.